The van der Waals surface area contributed by atoms with Gasteiger partial charge in [0.25, 0.3) is 0 Å². The number of hydrogen-bond donors (Lipinski definition) is 2. The third-order valence-electron chi connectivity index (χ3n) is 3.58. The second-order valence-corrected chi connectivity index (χ2v) is 6.67. The van der Waals surface area contributed by atoms with Gasteiger partial charge in [0.05, 0.1) is 23.8 Å². The Balaban J connectivity index is 1.73. The normalized spacial score (nSPS) is 11.8. The molecule has 23 heavy (non-hydrogen) atoms. The molecule has 3 aromatic rings. The molecule has 2 aromatic heterocycles. The number of benzene rings is 1. The Bertz CT molecular complexity index is 855. The van der Waals surface area contributed by atoms with Crippen LogP contribution in [0, 0.1) is 6.92 Å². The van der Waals surface area contributed by atoms with E-state index in [2.05, 4.69) is 20.5 Å². The molecule has 0 spiro atoms. The molecule has 0 saturated carbocycles. The largest absolute Gasteiger partial charge is 0.444 e. The molecule has 2 heterocycles. The number of carbonyl (C=O) groups is 1. The van der Waals surface area contributed by atoms with Gasteiger partial charge in [0.15, 0.2) is 5.89 Å². The van der Waals surface area contributed by atoms with E-state index in [1.54, 1.807) is 6.20 Å². The molecule has 120 valence electrons. The van der Waals surface area contributed by atoms with E-state index in [-0.39, 0.29) is 17.7 Å². The molecule has 3 rings (SSSR count). The summed E-state index contributed by atoms with van der Waals surface area (Å²) in [6.45, 7) is 7.95. The summed E-state index contributed by atoms with van der Waals surface area (Å²) in [7, 11) is 0. The first-order valence-corrected chi connectivity index (χ1v) is 7.53. The van der Waals surface area contributed by atoms with Crippen LogP contribution in [0.1, 0.15) is 38.1 Å². The molecule has 0 unspecified atom stereocenters. The molecule has 0 radical (unpaired) electrons. The lowest BCUT2D eigenvalue weighted by molar-refractivity contribution is -0.115. The highest BCUT2D eigenvalue weighted by molar-refractivity contribution is 5.94. The van der Waals surface area contributed by atoms with Gasteiger partial charge in [-0.1, -0.05) is 20.8 Å². The highest BCUT2D eigenvalue weighted by atomic mass is 16.4. The number of nitrogens with zero attached hydrogens (tertiary/aromatic N) is 2. The summed E-state index contributed by atoms with van der Waals surface area (Å²) in [5.74, 6) is 1.12. The number of rotatable bonds is 3. The minimum atomic E-state index is -0.175. The fourth-order valence-corrected chi connectivity index (χ4v) is 2.28. The predicted octanol–water partition coefficient (Wildman–Crippen LogP) is 3.34. The van der Waals surface area contributed by atoms with E-state index in [1.165, 1.54) is 0 Å². The quantitative estimate of drug-likeness (QED) is 0.777. The van der Waals surface area contributed by atoms with E-state index < -0.39 is 0 Å². The van der Waals surface area contributed by atoms with E-state index in [1.807, 2.05) is 45.9 Å². The molecular weight excluding hydrogens is 292 g/mol. The standard InChI is InChI=1S/C17H20N4O2/c1-10-14(23-16(19-10)17(2,3)4)8-15(22)20-12-6-5-11-9-18-21-13(11)7-12/h5-7,9H,8H2,1-4H3,(H,18,21)(H,20,22). The Hall–Kier alpha value is -2.63. The molecule has 2 N–H and O–H groups in total. The van der Waals surface area contributed by atoms with E-state index in [0.717, 1.165) is 22.3 Å². The van der Waals surface area contributed by atoms with Crippen LogP contribution in [0.25, 0.3) is 10.9 Å². The Kier molecular flexibility index (Phi) is 3.67. The number of amides is 1. The number of carbonyl (C=O) groups excluding carboxylic acids is 1. The topological polar surface area (TPSA) is 83.8 Å². The summed E-state index contributed by atoms with van der Waals surface area (Å²) >= 11 is 0. The Labute approximate surface area is 134 Å². The van der Waals surface area contributed by atoms with E-state index in [9.17, 15) is 4.79 Å². The van der Waals surface area contributed by atoms with Crippen LogP contribution in [0.5, 0.6) is 0 Å². The zero-order chi connectivity index (χ0) is 16.6. The molecule has 1 aromatic carbocycles. The molecular formula is C17H20N4O2. The summed E-state index contributed by atoms with van der Waals surface area (Å²) in [5.41, 5.74) is 2.19. The van der Waals surface area contributed by atoms with Gasteiger partial charge in [-0.05, 0) is 25.1 Å². The third-order valence-corrected chi connectivity index (χ3v) is 3.58. The molecule has 0 aliphatic rings. The smallest absolute Gasteiger partial charge is 0.232 e. The molecule has 6 heteroatoms. The van der Waals surface area contributed by atoms with Crippen molar-refractivity contribution >= 4 is 22.5 Å². The van der Waals surface area contributed by atoms with Crippen LogP contribution in [0.4, 0.5) is 5.69 Å². The zero-order valence-electron chi connectivity index (χ0n) is 13.7. The van der Waals surface area contributed by atoms with E-state index in [0.29, 0.717) is 11.7 Å². The van der Waals surface area contributed by atoms with Crippen LogP contribution in [0.3, 0.4) is 0 Å². The molecule has 0 aliphatic heterocycles. The minimum Gasteiger partial charge on any atom is -0.444 e. The lowest BCUT2D eigenvalue weighted by Gasteiger charge is -2.12. The van der Waals surface area contributed by atoms with E-state index >= 15 is 0 Å². The lowest BCUT2D eigenvalue weighted by atomic mass is 9.97. The van der Waals surface area contributed by atoms with Gasteiger partial charge in [-0.3, -0.25) is 9.89 Å². The van der Waals surface area contributed by atoms with Crippen LogP contribution < -0.4 is 5.32 Å². The lowest BCUT2D eigenvalue weighted by Crippen LogP contribution is -2.14. The van der Waals surface area contributed by atoms with Crippen molar-refractivity contribution < 1.29 is 9.21 Å². The van der Waals surface area contributed by atoms with Crippen molar-refractivity contribution in [1.29, 1.82) is 0 Å². The van der Waals surface area contributed by atoms with Crippen molar-refractivity contribution in [3.05, 3.63) is 41.7 Å². The van der Waals surface area contributed by atoms with Gasteiger partial charge >= 0.3 is 0 Å². The van der Waals surface area contributed by atoms with Crippen LogP contribution in [-0.2, 0) is 16.6 Å². The maximum absolute atomic E-state index is 12.2. The number of oxazole rings is 1. The van der Waals surface area contributed by atoms with Crippen molar-refractivity contribution in [3.8, 4) is 0 Å². The summed E-state index contributed by atoms with van der Waals surface area (Å²) in [4.78, 5) is 16.7. The number of aromatic amines is 1. The van der Waals surface area contributed by atoms with Crippen LogP contribution in [0.2, 0.25) is 0 Å². The molecule has 0 aliphatic carbocycles. The van der Waals surface area contributed by atoms with Crippen molar-refractivity contribution in [1.82, 2.24) is 15.2 Å². The minimum absolute atomic E-state index is 0.136. The average molecular weight is 312 g/mol. The van der Waals surface area contributed by atoms with Gasteiger partial charge in [-0.2, -0.15) is 5.10 Å². The Morgan fingerprint density at radius 3 is 2.83 bits per heavy atom. The van der Waals surface area contributed by atoms with Gasteiger partial charge in [-0.25, -0.2) is 4.98 Å². The maximum Gasteiger partial charge on any atom is 0.232 e. The predicted molar refractivity (Wildman–Crippen MR) is 88.4 cm³/mol. The van der Waals surface area contributed by atoms with Crippen molar-refractivity contribution in [2.75, 3.05) is 5.32 Å². The van der Waals surface area contributed by atoms with Gasteiger partial charge < -0.3 is 9.73 Å². The summed E-state index contributed by atoms with van der Waals surface area (Å²) in [6.07, 6.45) is 1.91. The number of H-pyrrole nitrogens is 1. The maximum atomic E-state index is 12.2. The second kappa shape index (κ2) is 5.53. The fraction of sp³-hybridized carbons (Fsp3) is 0.353. The van der Waals surface area contributed by atoms with E-state index in [4.69, 9.17) is 4.42 Å². The molecule has 0 fully saturated rings. The summed E-state index contributed by atoms with van der Waals surface area (Å²) in [6, 6.07) is 5.61. The highest BCUT2D eigenvalue weighted by Gasteiger charge is 2.23. The van der Waals surface area contributed by atoms with Crippen LogP contribution in [-0.4, -0.2) is 21.1 Å². The third kappa shape index (κ3) is 3.26. The number of aromatic nitrogens is 3. The number of anilines is 1. The first kappa shape index (κ1) is 15.3. The number of fused-ring (bicyclic) bond motifs is 1. The molecule has 0 saturated heterocycles. The van der Waals surface area contributed by atoms with Crippen molar-refractivity contribution in [3.63, 3.8) is 0 Å². The van der Waals surface area contributed by atoms with Gasteiger partial charge in [0.1, 0.15) is 5.76 Å². The fourth-order valence-electron chi connectivity index (χ4n) is 2.28. The number of nitrogens with one attached hydrogen (secondary N) is 2. The summed E-state index contributed by atoms with van der Waals surface area (Å²) < 4.78 is 5.76. The number of aryl methyl sites for hydroxylation is 1. The average Bonchev–Trinajstić information content (AvgIpc) is 3.05. The van der Waals surface area contributed by atoms with Crippen molar-refractivity contribution in [2.24, 2.45) is 0 Å². The molecule has 0 atom stereocenters. The zero-order valence-corrected chi connectivity index (χ0v) is 13.7. The first-order valence-electron chi connectivity index (χ1n) is 7.53. The monoisotopic (exact) mass is 312 g/mol. The van der Waals surface area contributed by atoms with Gasteiger partial charge in [0, 0.05) is 16.5 Å². The van der Waals surface area contributed by atoms with Gasteiger partial charge in [-0.15, -0.1) is 0 Å². The van der Waals surface area contributed by atoms with Gasteiger partial charge in [0.2, 0.25) is 5.91 Å². The molecule has 0 bridgehead atoms. The number of hydrogen-bond acceptors (Lipinski definition) is 4. The SMILES string of the molecule is Cc1nc(C(C)(C)C)oc1CC(=O)Nc1ccc2cn[nH]c2c1. The molecule has 6 nitrogen and oxygen atoms in total. The molecule has 1 amide bonds. The first-order chi connectivity index (χ1) is 10.8. The Morgan fingerprint density at radius 1 is 1.35 bits per heavy atom. The second-order valence-electron chi connectivity index (χ2n) is 6.67. The highest BCUT2D eigenvalue weighted by Crippen LogP contribution is 2.24. The Morgan fingerprint density at radius 2 is 2.13 bits per heavy atom. The van der Waals surface area contributed by atoms with Crippen molar-refractivity contribution in [2.45, 2.75) is 39.5 Å². The van der Waals surface area contributed by atoms with Crippen LogP contribution >= 0.6 is 0 Å². The van der Waals surface area contributed by atoms with Crippen LogP contribution in [0.15, 0.2) is 28.8 Å². The summed E-state index contributed by atoms with van der Waals surface area (Å²) in [5, 5.41) is 10.7.